The van der Waals surface area contributed by atoms with Crippen molar-refractivity contribution in [3.05, 3.63) is 100 Å². The summed E-state index contributed by atoms with van der Waals surface area (Å²) in [4.78, 5) is 27.6. The van der Waals surface area contributed by atoms with Gasteiger partial charge in [0, 0.05) is 28.9 Å². The number of nitrogens with one attached hydrogen (secondary N) is 2. The Bertz CT molecular complexity index is 1600. The van der Waals surface area contributed by atoms with Crippen molar-refractivity contribution in [1.82, 2.24) is 10.1 Å². The average Bonchev–Trinajstić information content (AvgIpc) is 3.47. The number of carbonyl (C=O) groups excluding carboxylic acids is 1. The molecule has 0 saturated heterocycles. The number of aromatic nitrogens is 2. The fourth-order valence-electron chi connectivity index (χ4n) is 5.33. The quantitative estimate of drug-likeness (QED) is 0.160. The second-order valence-electron chi connectivity index (χ2n) is 11.0. The molecule has 0 aliphatic heterocycles. The maximum Gasteiger partial charge on any atom is 0.439 e. The van der Waals surface area contributed by atoms with E-state index in [1.165, 1.54) is 0 Å². The number of nitrogens with zero attached hydrogens (tertiary/aromatic N) is 1. The van der Waals surface area contributed by atoms with Crippen LogP contribution in [0.1, 0.15) is 57.4 Å². The molecule has 43 heavy (non-hydrogen) atoms. The first-order valence-electron chi connectivity index (χ1n) is 14.9. The highest BCUT2D eigenvalue weighted by Gasteiger charge is 2.21. The molecule has 0 unspecified atom stereocenters. The average molecular weight is 583 g/mol. The zero-order valence-corrected chi connectivity index (χ0v) is 24.3. The van der Waals surface area contributed by atoms with Crippen LogP contribution in [-0.2, 0) is 11.2 Å². The summed E-state index contributed by atoms with van der Waals surface area (Å²) in [6, 6.07) is 22.9. The smallest absolute Gasteiger partial charge is 0.439 e. The molecule has 9 nitrogen and oxygen atoms in total. The van der Waals surface area contributed by atoms with Gasteiger partial charge in [0.25, 0.3) is 5.91 Å². The molecule has 4 aromatic rings. The summed E-state index contributed by atoms with van der Waals surface area (Å²) in [5, 5.41) is 16.6. The van der Waals surface area contributed by atoms with Gasteiger partial charge in [-0.3, -0.25) is 14.3 Å². The summed E-state index contributed by atoms with van der Waals surface area (Å²) in [6.07, 6.45) is 5.96. The third-order valence-electron chi connectivity index (χ3n) is 7.79. The molecule has 0 atom stereocenters. The van der Waals surface area contributed by atoms with E-state index in [9.17, 15) is 14.7 Å². The monoisotopic (exact) mass is 582 g/mol. The second kappa shape index (κ2) is 14.0. The number of carbonyl (C=O) groups is 1. The van der Waals surface area contributed by atoms with E-state index in [1.807, 2.05) is 72.8 Å². The molecular weight excluding hydrogens is 544 g/mol. The molecule has 1 heterocycles. The first kappa shape index (κ1) is 29.8. The highest BCUT2D eigenvalue weighted by Crippen LogP contribution is 2.30. The van der Waals surface area contributed by atoms with Crippen molar-refractivity contribution in [3.63, 3.8) is 0 Å². The molecule has 3 aromatic carbocycles. The van der Waals surface area contributed by atoms with E-state index in [-0.39, 0.29) is 18.1 Å². The van der Waals surface area contributed by atoms with Crippen molar-refractivity contribution in [2.45, 2.75) is 70.5 Å². The van der Waals surface area contributed by atoms with E-state index in [0.717, 1.165) is 66.5 Å². The van der Waals surface area contributed by atoms with Crippen LogP contribution in [-0.4, -0.2) is 33.4 Å². The molecule has 1 amide bonds. The van der Waals surface area contributed by atoms with Crippen molar-refractivity contribution in [2.75, 3.05) is 5.32 Å². The number of aromatic amines is 1. The fraction of sp³-hybridized carbons (Fsp3) is 0.324. The summed E-state index contributed by atoms with van der Waals surface area (Å²) in [6.45, 7) is 2.09. The molecule has 0 radical (unpaired) electrons. The van der Waals surface area contributed by atoms with Gasteiger partial charge in [-0.05, 0) is 79.5 Å². The second-order valence-corrected chi connectivity index (χ2v) is 11.0. The molecule has 1 aliphatic carbocycles. The normalized spacial score (nSPS) is 17.3. The van der Waals surface area contributed by atoms with Gasteiger partial charge in [-0.25, -0.2) is 4.79 Å². The van der Waals surface area contributed by atoms with Gasteiger partial charge >= 0.3 is 5.76 Å². The van der Waals surface area contributed by atoms with Crippen LogP contribution in [0.3, 0.4) is 0 Å². The number of hydrogen-bond donors (Lipinski definition) is 4. The SMILES string of the molecule is CCCC/C(N)=C(\Cc1ccc(-c2ccccc2-c2noc(=O)[nH]2)cc1)C(=O)Nc1ccc(OC2CCC(O)CC2)cc1. The van der Waals surface area contributed by atoms with Crippen LogP contribution in [0.4, 0.5) is 5.69 Å². The standard InChI is InChI=1S/C34H38N4O5/c1-2-3-8-31(35)30(33(40)36-24-13-17-26(18-14-24)42-27-19-15-25(39)16-20-27)21-22-9-11-23(12-10-22)28-6-4-5-7-29(28)32-37-34(41)43-38-32/h4-7,9-14,17-18,25,27,39H,2-3,8,15-16,19-21,35H2,1H3,(H,36,40)(H,37,38,41)/b31-30-. The van der Waals surface area contributed by atoms with Gasteiger partial charge < -0.3 is 20.9 Å². The zero-order chi connectivity index (χ0) is 30.2. The van der Waals surface area contributed by atoms with Gasteiger partial charge in [-0.1, -0.05) is 67.0 Å². The zero-order valence-electron chi connectivity index (χ0n) is 24.3. The Hall–Kier alpha value is -4.63. The Kier molecular flexibility index (Phi) is 9.73. The van der Waals surface area contributed by atoms with Gasteiger partial charge in [-0.15, -0.1) is 0 Å². The number of hydrogen-bond acceptors (Lipinski definition) is 7. The minimum Gasteiger partial charge on any atom is -0.490 e. The number of rotatable bonds is 11. The number of amides is 1. The third kappa shape index (κ3) is 7.81. The molecule has 5 N–H and O–H groups in total. The predicted molar refractivity (Wildman–Crippen MR) is 166 cm³/mol. The van der Waals surface area contributed by atoms with Crippen LogP contribution < -0.4 is 21.5 Å². The fourth-order valence-corrected chi connectivity index (χ4v) is 5.33. The molecule has 1 aromatic heterocycles. The van der Waals surface area contributed by atoms with Gasteiger partial charge in [0.15, 0.2) is 5.82 Å². The summed E-state index contributed by atoms with van der Waals surface area (Å²) >= 11 is 0. The van der Waals surface area contributed by atoms with Crippen LogP contribution in [0, 0.1) is 0 Å². The molecule has 9 heteroatoms. The maximum atomic E-state index is 13.5. The number of unbranched alkanes of at least 4 members (excludes halogenated alkanes) is 1. The number of nitrogens with two attached hydrogens (primary N) is 1. The Morgan fingerprint density at radius 1 is 1.02 bits per heavy atom. The number of allylic oxidation sites excluding steroid dienone is 1. The maximum absolute atomic E-state index is 13.5. The highest BCUT2D eigenvalue weighted by molar-refractivity contribution is 6.04. The lowest BCUT2D eigenvalue weighted by Crippen LogP contribution is -2.26. The predicted octanol–water partition coefficient (Wildman–Crippen LogP) is 5.96. The van der Waals surface area contributed by atoms with E-state index in [1.54, 1.807) is 0 Å². The van der Waals surface area contributed by atoms with E-state index in [2.05, 4.69) is 22.4 Å². The number of aliphatic hydroxyl groups excluding tert-OH is 1. The van der Waals surface area contributed by atoms with Gasteiger partial charge in [0.05, 0.1) is 12.2 Å². The van der Waals surface area contributed by atoms with Crippen LogP contribution in [0.15, 0.2) is 93.4 Å². The minimum atomic E-state index is -0.608. The molecule has 1 saturated carbocycles. The van der Waals surface area contributed by atoms with Crippen LogP contribution in [0.2, 0.25) is 0 Å². The summed E-state index contributed by atoms with van der Waals surface area (Å²) in [5.41, 5.74) is 11.8. The Morgan fingerprint density at radius 2 is 1.72 bits per heavy atom. The third-order valence-corrected chi connectivity index (χ3v) is 7.79. The number of benzene rings is 3. The van der Waals surface area contributed by atoms with Gasteiger partial charge in [-0.2, -0.15) is 0 Å². The largest absolute Gasteiger partial charge is 0.490 e. The van der Waals surface area contributed by atoms with Crippen LogP contribution in [0.5, 0.6) is 5.75 Å². The summed E-state index contributed by atoms with van der Waals surface area (Å²) < 4.78 is 10.8. The van der Waals surface area contributed by atoms with E-state index < -0.39 is 5.76 Å². The Balaban J connectivity index is 1.29. The van der Waals surface area contributed by atoms with E-state index >= 15 is 0 Å². The lowest BCUT2D eigenvalue weighted by atomic mass is 9.95. The van der Waals surface area contributed by atoms with Crippen LogP contribution in [0.25, 0.3) is 22.5 Å². The molecule has 0 bridgehead atoms. The highest BCUT2D eigenvalue weighted by atomic mass is 16.5. The Morgan fingerprint density at radius 3 is 2.37 bits per heavy atom. The van der Waals surface area contributed by atoms with Crippen molar-refractivity contribution < 1.29 is 19.2 Å². The molecule has 5 rings (SSSR count). The molecule has 1 fully saturated rings. The number of anilines is 1. The van der Waals surface area contributed by atoms with Crippen molar-refractivity contribution in [1.29, 1.82) is 0 Å². The Labute approximate surface area is 250 Å². The lowest BCUT2D eigenvalue weighted by molar-refractivity contribution is -0.113. The molecule has 224 valence electrons. The molecule has 1 aliphatic rings. The lowest BCUT2D eigenvalue weighted by Gasteiger charge is -2.26. The van der Waals surface area contributed by atoms with Crippen molar-refractivity contribution >= 4 is 11.6 Å². The summed E-state index contributed by atoms with van der Waals surface area (Å²) in [5.74, 6) is 0.273. The van der Waals surface area contributed by atoms with E-state index in [4.69, 9.17) is 15.0 Å². The first-order valence-corrected chi connectivity index (χ1v) is 14.9. The van der Waals surface area contributed by atoms with Crippen LogP contribution >= 0.6 is 0 Å². The van der Waals surface area contributed by atoms with Crippen molar-refractivity contribution in [2.24, 2.45) is 5.73 Å². The van der Waals surface area contributed by atoms with Gasteiger partial charge in [0.2, 0.25) is 0 Å². The minimum absolute atomic E-state index is 0.1000. The van der Waals surface area contributed by atoms with E-state index in [0.29, 0.717) is 35.6 Å². The number of aliphatic hydroxyl groups is 1. The molecule has 0 spiro atoms. The number of H-pyrrole nitrogens is 1. The molecular formula is C34H38N4O5. The number of ether oxygens (including phenoxy) is 1. The van der Waals surface area contributed by atoms with Gasteiger partial charge in [0.1, 0.15) is 5.75 Å². The topological polar surface area (TPSA) is 143 Å². The first-order chi connectivity index (χ1) is 20.9. The summed E-state index contributed by atoms with van der Waals surface area (Å²) in [7, 11) is 0. The van der Waals surface area contributed by atoms with Crippen molar-refractivity contribution in [3.8, 4) is 28.3 Å².